The molecule has 2 saturated heterocycles. The molecule has 3 aliphatic rings. The lowest BCUT2D eigenvalue weighted by molar-refractivity contribution is -0.0118. The molecule has 2 heterocycles. The van der Waals surface area contributed by atoms with E-state index in [0.29, 0.717) is 5.92 Å². The van der Waals surface area contributed by atoms with Crippen LogP contribution in [0.5, 0.6) is 0 Å². The first-order valence-corrected chi connectivity index (χ1v) is 11.9. The fraction of sp³-hybridized carbons (Fsp3) is 0.680. The quantitative estimate of drug-likeness (QED) is 0.553. The van der Waals surface area contributed by atoms with Crippen LogP contribution in [0.25, 0.3) is 5.57 Å². The van der Waals surface area contributed by atoms with Crippen LogP contribution >= 0.6 is 0 Å². The van der Waals surface area contributed by atoms with Crippen LogP contribution in [0.2, 0.25) is 0 Å². The summed E-state index contributed by atoms with van der Waals surface area (Å²) in [4.78, 5) is 0. The molecule has 0 N–H and O–H groups in total. The summed E-state index contributed by atoms with van der Waals surface area (Å²) in [6, 6.07) is 10.7. The highest BCUT2D eigenvalue weighted by molar-refractivity contribution is 6.80. The SMILES string of the molecule is CCC1(C)OB(/C(B2OC(C)(C)C(C)(C)O2)=C(\c2ccccc2)C2CCC2)OC1(C)C. The predicted octanol–water partition coefficient (Wildman–Crippen LogP) is 5.89. The Balaban J connectivity index is 1.87. The van der Waals surface area contributed by atoms with Gasteiger partial charge in [-0.1, -0.05) is 43.7 Å². The van der Waals surface area contributed by atoms with Gasteiger partial charge >= 0.3 is 14.2 Å². The lowest BCUT2D eigenvalue weighted by Gasteiger charge is -2.35. The topological polar surface area (TPSA) is 36.9 Å². The predicted molar refractivity (Wildman–Crippen MR) is 127 cm³/mol. The molecule has 2 aliphatic heterocycles. The largest absolute Gasteiger partial charge is 0.486 e. The number of allylic oxidation sites excluding steroid dienone is 1. The Hall–Kier alpha value is -1.07. The molecular weight excluding hydrogens is 386 g/mol. The molecule has 168 valence electrons. The van der Waals surface area contributed by atoms with Crippen molar-refractivity contribution in [2.45, 2.75) is 103 Å². The molecule has 0 spiro atoms. The van der Waals surface area contributed by atoms with Crippen LogP contribution in [-0.4, -0.2) is 36.6 Å². The van der Waals surface area contributed by atoms with Crippen molar-refractivity contribution in [3.63, 3.8) is 0 Å². The zero-order valence-electron chi connectivity index (χ0n) is 20.6. The zero-order chi connectivity index (χ0) is 22.7. The molecule has 0 bridgehead atoms. The number of benzene rings is 1. The summed E-state index contributed by atoms with van der Waals surface area (Å²) < 4.78 is 26.5. The van der Waals surface area contributed by atoms with E-state index in [-0.39, 0.29) is 5.60 Å². The molecule has 0 radical (unpaired) electrons. The van der Waals surface area contributed by atoms with Crippen molar-refractivity contribution in [2.24, 2.45) is 5.92 Å². The number of rotatable bonds is 5. The van der Waals surface area contributed by atoms with Crippen LogP contribution in [0.15, 0.2) is 35.7 Å². The minimum absolute atomic E-state index is 0.381. The molecule has 1 atom stereocenters. The molecule has 1 aliphatic carbocycles. The Kier molecular flexibility index (Phi) is 5.78. The molecule has 0 aromatic heterocycles. The molecule has 6 heteroatoms. The van der Waals surface area contributed by atoms with Crippen molar-refractivity contribution in [3.8, 4) is 0 Å². The van der Waals surface area contributed by atoms with Gasteiger partial charge in [0.1, 0.15) is 0 Å². The highest BCUT2D eigenvalue weighted by atomic mass is 16.7. The van der Waals surface area contributed by atoms with Crippen LogP contribution in [-0.2, 0) is 18.6 Å². The molecule has 31 heavy (non-hydrogen) atoms. The van der Waals surface area contributed by atoms with Crippen molar-refractivity contribution in [1.82, 2.24) is 0 Å². The fourth-order valence-electron chi connectivity index (χ4n) is 4.72. The fourth-order valence-corrected chi connectivity index (χ4v) is 4.72. The molecule has 1 unspecified atom stereocenters. The Morgan fingerprint density at radius 2 is 1.32 bits per heavy atom. The second kappa shape index (κ2) is 7.76. The van der Waals surface area contributed by atoms with Crippen molar-refractivity contribution in [3.05, 3.63) is 41.3 Å². The van der Waals surface area contributed by atoms with Gasteiger partial charge in [0.05, 0.1) is 22.4 Å². The van der Waals surface area contributed by atoms with E-state index >= 15 is 0 Å². The monoisotopic (exact) mass is 424 g/mol. The molecule has 4 rings (SSSR count). The van der Waals surface area contributed by atoms with E-state index in [1.807, 2.05) is 0 Å². The maximum absolute atomic E-state index is 6.71. The van der Waals surface area contributed by atoms with E-state index in [0.717, 1.165) is 11.8 Å². The van der Waals surface area contributed by atoms with E-state index < -0.39 is 31.0 Å². The van der Waals surface area contributed by atoms with Crippen LogP contribution in [0.1, 0.15) is 86.6 Å². The summed E-state index contributed by atoms with van der Waals surface area (Å²) in [7, 11) is -0.994. The Bertz CT molecular complexity index is 828. The first-order chi connectivity index (χ1) is 14.4. The summed E-state index contributed by atoms with van der Waals surface area (Å²) >= 11 is 0. The van der Waals surface area contributed by atoms with Gasteiger partial charge in [-0.25, -0.2) is 0 Å². The second-order valence-corrected chi connectivity index (χ2v) is 11.1. The average molecular weight is 424 g/mol. The highest BCUT2D eigenvalue weighted by Gasteiger charge is 2.61. The van der Waals surface area contributed by atoms with Crippen LogP contribution in [0.4, 0.5) is 0 Å². The third kappa shape index (κ3) is 3.84. The van der Waals surface area contributed by atoms with Gasteiger partial charge in [-0.2, -0.15) is 0 Å². The van der Waals surface area contributed by atoms with Crippen LogP contribution in [0, 0.1) is 5.92 Å². The molecule has 1 aromatic rings. The van der Waals surface area contributed by atoms with Gasteiger partial charge in [0.15, 0.2) is 0 Å². The summed E-state index contributed by atoms with van der Waals surface area (Å²) in [6.45, 7) is 17.0. The zero-order valence-corrected chi connectivity index (χ0v) is 20.6. The lowest BCUT2D eigenvalue weighted by atomic mass is 9.52. The normalized spacial score (nSPS) is 30.3. The van der Waals surface area contributed by atoms with Gasteiger partial charge in [-0.15, -0.1) is 0 Å². The Morgan fingerprint density at radius 3 is 1.77 bits per heavy atom. The molecule has 4 nitrogen and oxygen atoms in total. The van der Waals surface area contributed by atoms with Gasteiger partial charge in [0.25, 0.3) is 0 Å². The maximum Gasteiger partial charge on any atom is 0.486 e. The minimum Gasteiger partial charge on any atom is -0.400 e. The van der Waals surface area contributed by atoms with Crippen LogP contribution < -0.4 is 0 Å². The standard InChI is InChI=1S/C25H38B2O4/c1-9-25(8)24(6,7)30-27(31-25)21(26-28-22(2,3)23(4,5)29-26)20(19-16-13-17-19)18-14-11-10-12-15-18/h10-12,14-15,19H,9,13,16-17H2,1-8H3/b21-20+. The summed E-state index contributed by atoms with van der Waals surface area (Å²) in [5, 5.41) is 1.01. The first kappa shape index (κ1) is 23.1. The van der Waals surface area contributed by atoms with Crippen molar-refractivity contribution < 1.29 is 18.6 Å². The van der Waals surface area contributed by atoms with E-state index in [1.165, 1.54) is 30.4 Å². The smallest absolute Gasteiger partial charge is 0.400 e. The van der Waals surface area contributed by atoms with Gasteiger partial charge in [-0.05, 0) is 90.2 Å². The highest BCUT2D eigenvalue weighted by Crippen LogP contribution is 2.49. The van der Waals surface area contributed by atoms with Gasteiger partial charge in [0.2, 0.25) is 0 Å². The number of hydrogen-bond acceptors (Lipinski definition) is 4. The lowest BCUT2D eigenvalue weighted by Crippen LogP contribution is -2.44. The average Bonchev–Trinajstić information content (AvgIpc) is 3.01. The van der Waals surface area contributed by atoms with Crippen molar-refractivity contribution >= 4 is 19.8 Å². The summed E-state index contributed by atoms with van der Waals surface area (Å²) in [6.07, 6.45) is 4.47. The molecule has 1 saturated carbocycles. The van der Waals surface area contributed by atoms with Gasteiger partial charge in [0, 0.05) is 0 Å². The molecule has 3 fully saturated rings. The third-order valence-corrected chi connectivity index (χ3v) is 8.39. The maximum atomic E-state index is 6.71. The second-order valence-electron chi connectivity index (χ2n) is 11.1. The summed E-state index contributed by atoms with van der Waals surface area (Å²) in [5.74, 6) is 0.472. The van der Waals surface area contributed by atoms with E-state index in [1.54, 1.807) is 0 Å². The first-order valence-electron chi connectivity index (χ1n) is 11.9. The van der Waals surface area contributed by atoms with Crippen molar-refractivity contribution in [1.29, 1.82) is 0 Å². The minimum atomic E-state index is -0.499. The Labute approximate surface area is 189 Å². The van der Waals surface area contributed by atoms with E-state index in [4.69, 9.17) is 18.6 Å². The Morgan fingerprint density at radius 1 is 0.806 bits per heavy atom. The van der Waals surface area contributed by atoms with E-state index in [2.05, 4.69) is 85.7 Å². The molecule has 1 aromatic carbocycles. The molecule has 0 amide bonds. The van der Waals surface area contributed by atoms with E-state index in [9.17, 15) is 0 Å². The van der Waals surface area contributed by atoms with Gasteiger partial charge < -0.3 is 18.6 Å². The van der Waals surface area contributed by atoms with Crippen LogP contribution in [0.3, 0.4) is 0 Å². The third-order valence-electron chi connectivity index (χ3n) is 8.39. The summed E-state index contributed by atoms with van der Waals surface area (Å²) in [5.41, 5.74) is 0.855. The number of hydrogen-bond donors (Lipinski definition) is 0. The van der Waals surface area contributed by atoms with Gasteiger partial charge in [-0.3, -0.25) is 0 Å². The van der Waals surface area contributed by atoms with Crippen molar-refractivity contribution in [2.75, 3.05) is 0 Å². The molecular formula is C25H38B2O4.